The minimum atomic E-state index is -1.17. The van der Waals surface area contributed by atoms with E-state index in [0.29, 0.717) is 30.7 Å². The number of urea groups is 1. The molecule has 3 aromatic rings. The number of hydrogen-bond donors (Lipinski definition) is 2. The van der Waals surface area contributed by atoms with E-state index in [1.807, 2.05) is 36.4 Å². The Balaban J connectivity index is 1.19. The second kappa shape index (κ2) is 9.06. The highest BCUT2D eigenvalue weighted by molar-refractivity contribution is 6.08. The molecule has 4 amide bonds. The summed E-state index contributed by atoms with van der Waals surface area (Å²) in [6, 6.07) is 14.6. The molecule has 1 unspecified atom stereocenters. The van der Waals surface area contributed by atoms with Crippen LogP contribution in [0.15, 0.2) is 54.7 Å². The van der Waals surface area contributed by atoms with E-state index in [2.05, 4.69) is 15.6 Å². The van der Waals surface area contributed by atoms with Crippen molar-refractivity contribution in [2.75, 3.05) is 13.7 Å². The van der Waals surface area contributed by atoms with Crippen LogP contribution in [-0.2, 0) is 11.3 Å². The Morgan fingerprint density at radius 2 is 1.86 bits per heavy atom. The molecule has 9 heteroatoms. The van der Waals surface area contributed by atoms with Crippen LogP contribution in [0, 0.1) is 5.92 Å². The molecule has 3 heterocycles. The third kappa shape index (κ3) is 4.04. The van der Waals surface area contributed by atoms with Gasteiger partial charge >= 0.3 is 6.03 Å². The number of methoxy groups -OCH3 is 1. The predicted octanol–water partition coefficient (Wildman–Crippen LogP) is 3.42. The van der Waals surface area contributed by atoms with Crippen LogP contribution in [0.2, 0.25) is 0 Å². The van der Waals surface area contributed by atoms with Crippen LogP contribution in [0.5, 0.6) is 11.5 Å². The molecule has 2 N–H and O–H groups in total. The molecule has 9 nitrogen and oxygen atoms in total. The predicted molar refractivity (Wildman–Crippen MR) is 135 cm³/mol. The zero-order valence-electron chi connectivity index (χ0n) is 20.5. The molecular formula is C28H28N4O5. The number of fused-ring (bicyclic) bond motifs is 2. The second-order valence-electron chi connectivity index (χ2n) is 9.98. The summed E-state index contributed by atoms with van der Waals surface area (Å²) in [5.74, 6) is 0.830. The van der Waals surface area contributed by atoms with Crippen molar-refractivity contribution in [3.63, 3.8) is 0 Å². The number of imide groups is 1. The average molecular weight is 501 g/mol. The van der Waals surface area contributed by atoms with Gasteiger partial charge in [0.15, 0.2) is 0 Å². The van der Waals surface area contributed by atoms with Crippen molar-refractivity contribution in [2.45, 2.75) is 43.9 Å². The van der Waals surface area contributed by atoms with Crippen molar-refractivity contribution in [1.29, 1.82) is 0 Å². The first-order chi connectivity index (χ1) is 18.0. The molecule has 1 aromatic heterocycles. The summed E-state index contributed by atoms with van der Waals surface area (Å²) in [6.45, 7) is 0.482. The summed E-state index contributed by atoms with van der Waals surface area (Å²) >= 11 is 0. The standard InChI is InChI=1S/C28H28N4O5/c1-36-20-10-11-21-17(14-20)15-32(25(21)33)16-28(26(34)30-27(35)31-28)18-6-8-19(9-7-18)37-24-12-13-29-23-5-3-2-4-22(23)24/h2-5,10-14,18-19H,6-9,15-16H2,1H3,(H2,30,31,34,35). The van der Waals surface area contributed by atoms with E-state index in [9.17, 15) is 14.4 Å². The number of aromatic nitrogens is 1. The average Bonchev–Trinajstić information content (AvgIpc) is 3.38. The Bertz CT molecular complexity index is 1400. The van der Waals surface area contributed by atoms with Crippen LogP contribution in [0.1, 0.15) is 41.6 Å². The largest absolute Gasteiger partial charge is 0.497 e. The Morgan fingerprint density at radius 1 is 1.05 bits per heavy atom. The van der Waals surface area contributed by atoms with Crippen molar-refractivity contribution in [1.82, 2.24) is 20.5 Å². The van der Waals surface area contributed by atoms with Gasteiger partial charge in [0, 0.05) is 23.7 Å². The van der Waals surface area contributed by atoms with E-state index in [1.54, 1.807) is 30.3 Å². The smallest absolute Gasteiger partial charge is 0.322 e. The highest BCUT2D eigenvalue weighted by Gasteiger charge is 2.54. The topological polar surface area (TPSA) is 110 Å². The summed E-state index contributed by atoms with van der Waals surface area (Å²) in [5.41, 5.74) is 1.16. The van der Waals surface area contributed by atoms with Gasteiger partial charge in [0.25, 0.3) is 11.8 Å². The number of nitrogens with one attached hydrogen (secondary N) is 2. The Kier molecular flexibility index (Phi) is 5.70. The molecule has 0 spiro atoms. The number of carbonyl (C=O) groups is 3. The lowest BCUT2D eigenvalue weighted by Gasteiger charge is -2.41. The molecular weight excluding hydrogens is 472 g/mol. The van der Waals surface area contributed by atoms with E-state index in [-0.39, 0.29) is 30.4 Å². The van der Waals surface area contributed by atoms with E-state index in [4.69, 9.17) is 9.47 Å². The van der Waals surface area contributed by atoms with Crippen LogP contribution in [0.3, 0.4) is 0 Å². The van der Waals surface area contributed by atoms with Crippen molar-refractivity contribution in [3.05, 3.63) is 65.9 Å². The zero-order valence-corrected chi connectivity index (χ0v) is 20.5. The van der Waals surface area contributed by atoms with Crippen molar-refractivity contribution >= 4 is 28.7 Å². The molecule has 2 fully saturated rings. The first-order valence-corrected chi connectivity index (χ1v) is 12.6. The van der Waals surface area contributed by atoms with E-state index in [0.717, 1.165) is 35.1 Å². The van der Waals surface area contributed by atoms with Gasteiger partial charge in [-0.05, 0) is 73.6 Å². The van der Waals surface area contributed by atoms with Crippen molar-refractivity contribution in [2.24, 2.45) is 5.92 Å². The van der Waals surface area contributed by atoms with E-state index >= 15 is 0 Å². The van der Waals surface area contributed by atoms with Gasteiger partial charge in [-0.1, -0.05) is 12.1 Å². The number of para-hydroxylation sites is 1. The second-order valence-corrected chi connectivity index (χ2v) is 9.98. The SMILES string of the molecule is COc1ccc2c(c1)CN(CC1(C3CCC(Oc4ccnc5ccccc45)CC3)NC(=O)NC1=O)C2=O. The summed E-state index contributed by atoms with van der Waals surface area (Å²) in [5, 5.41) is 6.29. The third-order valence-corrected chi connectivity index (χ3v) is 7.87. The number of pyridine rings is 1. The number of hydrogen-bond acceptors (Lipinski definition) is 6. The maximum atomic E-state index is 13.2. The van der Waals surface area contributed by atoms with Gasteiger partial charge in [-0.25, -0.2) is 4.79 Å². The fraction of sp³-hybridized carbons (Fsp3) is 0.357. The Hall–Kier alpha value is -4.14. The number of carbonyl (C=O) groups excluding carboxylic acids is 3. The molecule has 2 aromatic carbocycles. The van der Waals surface area contributed by atoms with Gasteiger partial charge in [0.05, 0.1) is 25.3 Å². The minimum Gasteiger partial charge on any atom is -0.497 e. The highest BCUT2D eigenvalue weighted by Crippen LogP contribution is 2.39. The lowest BCUT2D eigenvalue weighted by atomic mass is 9.73. The van der Waals surface area contributed by atoms with Crippen LogP contribution < -0.4 is 20.1 Å². The van der Waals surface area contributed by atoms with Crippen LogP contribution in [0.4, 0.5) is 4.79 Å². The van der Waals surface area contributed by atoms with Gasteiger partial charge in [0.1, 0.15) is 17.0 Å². The van der Waals surface area contributed by atoms with Crippen molar-refractivity contribution < 1.29 is 23.9 Å². The molecule has 0 bridgehead atoms. The molecule has 0 radical (unpaired) electrons. The molecule has 2 aliphatic heterocycles. The lowest BCUT2D eigenvalue weighted by Crippen LogP contribution is -2.61. The fourth-order valence-corrected chi connectivity index (χ4v) is 5.97. The normalized spacial score (nSPS) is 25.1. The molecule has 1 saturated heterocycles. The number of benzene rings is 2. The molecule has 37 heavy (non-hydrogen) atoms. The summed E-state index contributed by atoms with van der Waals surface area (Å²) in [6.07, 6.45) is 4.57. The number of amides is 4. The number of rotatable bonds is 6. The minimum absolute atomic E-state index is 0.00981. The van der Waals surface area contributed by atoms with Gasteiger partial charge in [0.2, 0.25) is 0 Å². The maximum Gasteiger partial charge on any atom is 0.322 e. The molecule has 3 aliphatic rings. The van der Waals surface area contributed by atoms with Crippen LogP contribution >= 0.6 is 0 Å². The molecule has 1 atom stereocenters. The molecule has 1 saturated carbocycles. The van der Waals surface area contributed by atoms with Gasteiger partial charge in [-0.3, -0.25) is 19.9 Å². The van der Waals surface area contributed by atoms with E-state index in [1.165, 1.54) is 0 Å². The van der Waals surface area contributed by atoms with Gasteiger partial charge in [-0.2, -0.15) is 0 Å². The molecule has 1 aliphatic carbocycles. The van der Waals surface area contributed by atoms with Gasteiger partial charge < -0.3 is 19.7 Å². The first kappa shape index (κ1) is 23.3. The quantitative estimate of drug-likeness (QED) is 0.502. The highest BCUT2D eigenvalue weighted by atomic mass is 16.5. The zero-order chi connectivity index (χ0) is 25.6. The maximum absolute atomic E-state index is 13.2. The number of nitrogens with zero attached hydrogens (tertiary/aromatic N) is 2. The Morgan fingerprint density at radius 3 is 2.62 bits per heavy atom. The monoisotopic (exact) mass is 500 g/mol. The lowest BCUT2D eigenvalue weighted by molar-refractivity contribution is -0.127. The van der Waals surface area contributed by atoms with Gasteiger partial charge in [-0.15, -0.1) is 0 Å². The van der Waals surface area contributed by atoms with Crippen molar-refractivity contribution in [3.8, 4) is 11.5 Å². The van der Waals surface area contributed by atoms with E-state index < -0.39 is 11.6 Å². The molecule has 190 valence electrons. The first-order valence-electron chi connectivity index (χ1n) is 12.6. The summed E-state index contributed by atoms with van der Waals surface area (Å²) in [4.78, 5) is 44.7. The van der Waals surface area contributed by atoms with Crippen LogP contribution in [-0.4, -0.2) is 53.0 Å². The summed E-state index contributed by atoms with van der Waals surface area (Å²) < 4.78 is 11.7. The summed E-state index contributed by atoms with van der Waals surface area (Å²) in [7, 11) is 1.58. The van der Waals surface area contributed by atoms with Crippen LogP contribution in [0.25, 0.3) is 10.9 Å². The molecule has 6 rings (SSSR count). The third-order valence-electron chi connectivity index (χ3n) is 7.87. The number of ether oxygens (including phenoxy) is 2. The fourth-order valence-electron chi connectivity index (χ4n) is 5.97. The Labute approximate surface area is 214 Å².